The van der Waals surface area contributed by atoms with Crippen LogP contribution in [0, 0.1) is 0 Å². The molecule has 0 atom stereocenters. The molecular weight excluding hydrogens is 262 g/mol. The third kappa shape index (κ3) is 4.97. The molecular formula is C14H22ClN3O. The normalized spacial score (nSPS) is 17.6. The number of piperidine rings is 1. The van der Waals surface area contributed by atoms with Crippen LogP contribution in [0.3, 0.4) is 0 Å². The summed E-state index contributed by atoms with van der Waals surface area (Å²) in [7, 11) is 1.76. The first-order valence-electron chi connectivity index (χ1n) is 6.87. The monoisotopic (exact) mass is 283 g/mol. The molecule has 4 nitrogen and oxygen atoms in total. The van der Waals surface area contributed by atoms with Crippen LogP contribution in [0.25, 0.3) is 0 Å². The number of anilines is 1. The van der Waals surface area contributed by atoms with Crippen LogP contribution in [0.2, 0.25) is 5.02 Å². The summed E-state index contributed by atoms with van der Waals surface area (Å²) in [5.74, 6) is 0.919. The van der Waals surface area contributed by atoms with Gasteiger partial charge in [0.1, 0.15) is 5.82 Å². The number of nitrogens with zero attached hydrogens (tertiary/aromatic N) is 2. The second kappa shape index (κ2) is 7.68. The number of nitrogens with one attached hydrogen (secondary N) is 1. The zero-order valence-electron chi connectivity index (χ0n) is 11.4. The second-order valence-electron chi connectivity index (χ2n) is 4.97. The quantitative estimate of drug-likeness (QED) is 0.815. The highest BCUT2D eigenvalue weighted by molar-refractivity contribution is 6.30. The van der Waals surface area contributed by atoms with E-state index in [-0.39, 0.29) is 0 Å². The van der Waals surface area contributed by atoms with Crippen molar-refractivity contribution in [2.75, 3.05) is 38.7 Å². The topological polar surface area (TPSA) is 37.4 Å². The van der Waals surface area contributed by atoms with Crippen LogP contribution >= 0.6 is 11.6 Å². The molecule has 0 saturated carbocycles. The van der Waals surface area contributed by atoms with Crippen molar-refractivity contribution in [3.8, 4) is 0 Å². The maximum atomic E-state index is 5.83. The molecule has 2 rings (SSSR count). The molecule has 1 aliphatic rings. The largest absolute Gasteiger partial charge is 0.385 e. The number of halogens is 1. The molecule has 0 aromatic carbocycles. The van der Waals surface area contributed by atoms with E-state index < -0.39 is 0 Å². The Bertz CT molecular complexity index is 363. The molecule has 0 aliphatic carbocycles. The lowest BCUT2D eigenvalue weighted by Gasteiger charge is -2.32. The summed E-state index contributed by atoms with van der Waals surface area (Å²) in [6.07, 6.45) is 5.13. The summed E-state index contributed by atoms with van der Waals surface area (Å²) in [6, 6.07) is 4.33. The number of pyridine rings is 1. The summed E-state index contributed by atoms with van der Waals surface area (Å²) < 4.78 is 5.08. The van der Waals surface area contributed by atoms with Gasteiger partial charge in [0.2, 0.25) is 0 Å². The Balaban J connectivity index is 1.69. The van der Waals surface area contributed by atoms with Gasteiger partial charge in [-0.05, 0) is 31.4 Å². The predicted molar refractivity (Wildman–Crippen MR) is 78.8 cm³/mol. The van der Waals surface area contributed by atoms with Crippen molar-refractivity contribution in [2.24, 2.45) is 0 Å². The SMILES string of the molecule is COCCCN1CCC(Nc2ccc(Cl)cn2)CC1. The molecule has 0 radical (unpaired) electrons. The highest BCUT2D eigenvalue weighted by Crippen LogP contribution is 2.16. The molecule has 19 heavy (non-hydrogen) atoms. The molecule has 0 bridgehead atoms. The predicted octanol–water partition coefficient (Wildman–Crippen LogP) is 2.65. The van der Waals surface area contributed by atoms with Gasteiger partial charge in [-0.15, -0.1) is 0 Å². The van der Waals surface area contributed by atoms with Gasteiger partial charge in [0.05, 0.1) is 5.02 Å². The Hall–Kier alpha value is -0.840. The first-order chi connectivity index (χ1) is 9.28. The fraction of sp³-hybridized carbons (Fsp3) is 0.643. The molecule has 2 heterocycles. The van der Waals surface area contributed by atoms with E-state index in [2.05, 4.69) is 15.2 Å². The van der Waals surface area contributed by atoms with E-state index >= 15 is 0 Å². The Morgan fingerprint density at radius 1 is 1.42 bits per heavy atom. The summed E-state index contributed by atoms with van der Waals surface area (Å²) in [5, 5.41) is 4.15. The summed E-state index contributed by atoms with van der Waals surface area (Å²) >= 11 is 5.83. The highest BCUT2D eigenvalue weighted by atomic mass is 35.5. The number of methoxy groups -OCH3 is 1. The van der Waals surface area contributed by atoms with Gasteiger partial charge in [-0.3, -0.25) is 0 Å². The van der Waals surface area contributed by atoms with Gasteiger partial charge < -0.3 is 15.0 Å². The molecule has 0 unspecified atom stereocenters. The lowest BCUT2D eigenvalue weighted by molar-refractivity contribution is 0.159. The number of hydrogen-bond acceptors (Lipinski definition) is 4. The first-order valence-corrected chi connectivity index (χ1v) is 7.25. The molecule has 1 aliphatic heterocycles. The summed E-state index contributed by atoms with van der Waals surface area (Å²) in [5.41, 5.74) is 0. The van der Waals surface area contributed by atoms with E-state index in [1.807, 2.05) is 12.1 Å². The smallest absolute Gasteiger partial charge is 0.126 e. The number of rotatable bonds is 6. The van der Waals surface area contributed by atoms with Crippen molar-refractivity contribution in [3.63, 3.8) is 0 Å². The van der Waals surface area contributed by atoms with Crippen LogP contribution < -0.4 is 5.32 Å². The Labute approximate surface area is 120 Å². The molecule has 1 saturated heterocycles. The van der Waals surface area contributed by atoms with Gasteiger partial charge in [-0.25, -0.2) is 4.98 Å². The number of hydrogen-bond donors (Lipinski definition) is 1. The average molecular weight is 284 g/mol. The van der Waals surface area contributed by atoms with Crippen LogP contribution in [-0.4, -0.2) is 49.3 Å². The van der Waals surface area contributed by atoms with E-state index in [1.54, 1.807) is 13.3 Å². The van der Waals surface area contributed by atoms with Gasteiger partial charge in [0.15, 0.2) is 0 Å². The third-order valence-corrected chi connectivity index (χ3v) is 3.71. The summed E-state index contributed by atoms with van der Waals surface area (Å²) in [4.78, 5) is 6.79. The van der Waals surface area contributed by atoms with Gasteiger partial charge in [0.25, 0.3) is 0 Å². The van der Waals surface area contributed by atoms with E-state index in [0.717, 1.165) is 51.3 Å². The third-order valence-electron chi connectivity index (χ3n) is 3.49. The second-order valence-corrected chi connectivity index (χ2v) is 5.40. The van der Waals surface area contributed by atoms with Crippen LogP contribution in [0.4, 0.5) is 5.82 Å². The van der Waals surface area contributed by atoms with E-state index in [1.165, 1.54) is 0 Å². The number of likely N-dealkylation sites (tertiary alicyclic amines) is 1. The Morgan fingerprint density at radius 3 is 2.84 bits per heavy atom. The molecule has 1 aromatic rings. The molecule has 0 spiro atoms. The molecule has 5 heteroatoms. The zero-order chi connectivity index (χ0) is 13.5. The van der Waals surface area contributed by atoms with E-state index in [9.17, 15) is 0 Å². The fourth-order valence-corrected chi connectivity index (χ4v) is 2.52. The first kappa shape index (κ1) is 14.6. The molecule has 1 N–H and O–H groups in total. The zero-order valence-corrected chi connectivity index (χ0v) is 12.2. The average Bonchev–Trinajstić information content (AvgIpc) is 2.44. The van der Waals surface area contributed by atoms with Crippen LogP contribution in [0.1, 0.15) is 19.3 Å². The number of aromatic nitrogens is 1. The Morgan fingerprint density at radius 2 is 2.21 bits per heavy atom. The van der Waals surface area contributed by atoms with E-state index in [0.29, 0.717) is 11.1 Å². The summed E-state index contributed by atoms with van der Waals surface area (Å²) in [6.45, 7) is 4.29. The van der Waals surface area contributed by atoms with Crippen LogP contribution in [0.5, 0.6) is 0 Å². The van der Waals surface area contributed by atoms with E-state index in [4.69, 9.17) is 16.3 Å². The van der Waals surface area contributed by atoms with Crippen molar-refractivity contribution in [1.29, 1.82) is 0 Å². The van der Waals surface area contributed by atoms with Crippen molar-refractivity contribution >= 4 is 17.4 Å². The molecule has 1 aromatic heterocycles. The highest BCUT2D eigenvalue weighted by Gasteiger charge is 2.18. The lowest BCUT2D eigenvalue weighted by atomic mass is 10.0. The fourth-order valence-electron chi connectivity index (χ4n) is 2.40. The lowest BCUT2D eigenvalue weighted by Crippen LogP contribution is -2.39. The van der Waals surface area contributed by atoms with Gasteiger partial charge >= 0.3 is 0 Å². The maximum absolute atomic E-state index is 5.83. The molecule has 0 amide bonds. The molecule has 1 fully saturated rings. The van der Waals surface area contributed by atoms with Gasteiger partial charge in [-0.2, -0.15) is 0 Å². The minimum absolute atomic E-state index is 0.521. The minimum atomic E-state index is 0.521. The van der Waals surface area contributed by atoms with Crippen molar-refractivity contribution in [1.82, 2.24) is 9.88 Å². The van der Waals surface area contributed by atoms with Gasteiger partial charge in [0, 0.05) is 45.6 Å². The van der Waals surface area contributed by atoms with Crippen molar-refractivity contribution in [2.45, 2.75) is 25.3 Å². The standard InChI is InChI=1S/C14H22ClN3O/c1-19-10-2-7-18-8-5-13(6-9-18)17-14-4-3-12(15)11-16-14/h3-4,11,13H,2,5-10H2,1H3,(H,16,17). The van der Waals surface area contributed by atoms with Crippen molar-refractivity contribution < 1.29 is 4.74 Å². The van der Waals surface area contributed by atoms with Crippen molar-refractivity contribution in [3.05, 3.63) is 23.4 Å². The molecule has 106 valence electrons. The minimum Gasteiger partial charge on any atom is -0.385 e. The maximum Gasteiger partial charge on any atom is 0.126 e. The van der Waals surface area contributed by atoms with Crippen LogP contribution in [-0.2, 0) is 4.74 Å². The number of ether oxygens (including phenoxy) is 1. The Kier molecular flexibility index (Phi) is 5.89. The van der Waals surface area contributed by atoms with Gasteiger partial charge in [-0.1, -0.05) is 11.6 Å². The van der Waals surface area contributed by atoms with Crippen LogP contribution in [0.15, 0.2) is 18.3 Å².